The van der Waals surface area contributed by atoms with E-state index < -0.39 is 0 Å². The Morgan fingerprint density at radius 3 is 2.68 bits per heavy atom. The predicted molar refractivity (Wildman–Crippen MR) is 75.3 cm³/mol. The summed E-state index contributed by atoms with van der Waals surface area (Å²) in [5, 5.41) is 6.23. The molecule has 2 N–H and O–H groups in total. The standard InChI is InChI=1S/C12H22N4O2.ClH/c1-15-9-10(8-11(15)17)12(18)14-4-7-16-5-2-13-3-6-16;/h10,13H,2-9H2,1H3,(H,14,18);1H. The number of amides is 2. The molecule has 0 saturated carbocycles. The van der Waals surface area contributed by atoms with E-state index in [1.807, 2.05) is 0 Å². The first-order valence-electron chi connectivity index (χ1n) is 6.61. The first kappa shape index (κ1) is 16.2. The first-order chi connectivity index (χ1) is 8.66. The molecule has 2 saturated heterocycles. The van der Waals surface area contributed by atoms with Gasteiger partial charge in [-0.05, 0) is 0 Å². The number of hydrogen-bond donors (Lipinski definition) is 2. The van der Waals surface area contributed by atoms with Crippen molar-refractivity contribution < 1.29 is 9.59 Å². The van der Waals surface area contributed by atoms with Crippen LogP contribution >= 0.6 is 12.4 Å². The highest BCUT2D eigenvalue weighted by Crippen LogP contribution is 2.15. The normalized spacial score (nSPS) is 24.2. The highest BCUT2D eigenvalue weighted by Gasteiger charge is 2.31. The average molecular weight is 291 g/mol. The third kappa shape index (κ3) is 4.63. The van der Waals surface area contributed by atoms with E-state index in [4.69, 9.17) is 0 Å². The zero-order valence-electron chi connectivity index (χ0n) is 11.4. The van der Waals surface area contributed by atoms with Gasteiger partial charge in [0.05, 0.1) is 5.92 Å². The summed E-state index contributed by atoms with van der Waals surface area (Å²) < 4.78 is 0. The Balaban J connectivity index is 0.00000180. The summed E-state index contributed by atoms with van der Waals surface area (Å²) in [5.74, 6) is -0.0781. The lowest BCUT2D eigenvalue weighted by molar-refractivity contribution is -0.128. The summed E-state index contributed by atoms with van der Waals surface area (Å²) in [7, 11) is 1.75. The molecular formula is C12H23ClN4O2. The van der Waals surface area contributed by atoms with Crippen molar-refractivity contribution in [2.24, 2.45) is 5.92 Å². The van der Waals surface area contributed by atoms with E-state index in [1.54, 1.807) is 11.9 Å². The van der Waals surface area contributed by atoms with Gasteiger partial charge in [0.2, 0.25) is 11.8 Å². The number of piperazine rings is 1. The molecule has 0 aromatic heterocycles. The van der Waals surface area contributed by atoms with Crippen LogP contribution < -0.4 is 10.6 Å². The fourth-order valence-electron chi connectivity index (χ4n) is 2.46. The summed E-state index contributed by atoms with van der Waals surface area (Å²) in [6.07, 6.45) is 0.357. The van der Waals surface area contributed by atoms with E-state index >= 15 is 0 Å². The van der Waals surface area contributed by atoms with Gasteiger partial charge in [0.1, 0.15) is 0 Å². The third-order valence-corrected chi connectivity index (χ3v) is 3.65. The minimum absolute atomic E-state index is 0. The molecule has 6 nitrogen and oxygen atoms in total. The lowest BCUT2D eigenvalue weighted by atomic mass is 10.1. The van der Waals surface area contributed by atoms with Crippen LogP contribution in [-0.2, 0) is 9.59 Å². The zero-order valence-corrected chi connectivity index (χ0v) is 12.2. The predicted octanol–water partition coefficient (Wildman–Crippen LogP) is -1.09. The second kappa shape index (κ2) is 7.67. The number of carbonyl (C=O) groups is 2. The SMILES string of the molecule is CN1CC(C(=O)NCCN2CCNCC2)CC1=O.Cl. The maximum Gasteiger partial charge on any atom is 0.225 e. The molecule has 2 heterocycles. The molecule has 0 aromatic rings. The van der Waals surface area contributed by atoms with E-state index in [0.29, 0.717) is 19.5 Å². The second-order valence-electron chi connectivity index (χ2n) is 5.06. The molecular weight excluding hydrogens is 268 g/mol. The topological polar surface area (TPSA) is 64.7 Å². The van der Waals surface area contributed by atoms with Gasteiger partial charge in [-0.2, -0.15) is 0 Å². The lowest BCUT2D eigenvalue weighted by Gasteiger charge is -2.27. The van der Waals surface area contributed by atoms with Crippen LogP contribution in [0.3, 0.4) is 0 Å². The molecule has 110 valence electrons. The van der Waals surface area contributed by atoms with Crippen LogP contribution in [0.15, 0.2) is 0 Å². The summed E-state index contributed by atoms with van der Waals surface area (Å²) in [6, 6.07) is 0. The van der Waals surface area contributed by atoms with Crippen molar-refractivity contribution in [2.75, 3.05) is 52.9 Å². The highest BCUT2D eigenvalue weighted by atomic mass is 35.5. The van der Waals surface area contributed by atoms with Crippen LogP contribution in [0, 0.1) is 5.92 Å². The Morgan fingerprint density at radius 1 is 1.42 bits per heavy atom. The maximum absolute atomic E-state index is 11.9. The van der Waals surface area contributed by atoms with Gasteiger partial charge >= 0.3 is 0 Å². The molecule has 2 aliphatic rings. The lowest BCUT2D eigenvalue weighted by Crippen LogP contribution is -2.46. The van der Waals surface area contributed by atoms with Gasteiger partial charge in [0.15, 0.2) is 0 Å². The average Bonchev–Trinajstić information content (AvgIpc) is 2.71. The molecule has 2 amide bonds. The van der Waals surface area contributed by atoms with Crippen molar-refractivity contribution in [1.29, 1.82) is 0 Å². The van der Waals surface area contributed by atoms with Crippen molar-refractivity contribution in [2.45, 2.75) is 6.42 Å². The number of likely N-dealkylation sites (tertiary alicyclic amines) is 1. The van der Waals surface area contributed by atoms with Crippen molar-refractivity contribution in [1.82, 2.24) is 20.4 Å². The quantitative estimate of drug-likeness (QED) is 0.690. The number of nitrogens with one attached hydrogen (secondary N) is 2. The van der Waals surface area contributed by atoms with E-state index in [2.05, 4.69) is 15.5 Å². The molecule has 0 aliphatic carbocycles. The smallest absolute Gasteiger partial charge is 0.225 e. The molecule has 0 aromatic carbocycles. The van der Waals surface area contributed by atoms with Gasteiger partial charge in [-0.15, -0.1) is 12.4 Å². The van der Waals surface area contributed by atoms with Crippen LogP contribution in [0.25, 0.3) is 0 Å². The van der Waals surface area contributed by atoms with Crippen molar-refractivity contribution in [3.63, 3.8) is 0 Å². The largest absolute Gasteiger partial charge is 0.355 e. The van der Waals surface area contributed by atoms with Crippen LogP contribution in [0.5, 0.6) is 0 Å². The molecule has 0 radical (unpaired) electrons. The van der Waals surface area contributed by atoms with Gasteiger partial charge in [-0.1, -0.05) is 0 Å². The molecule has 2 rings (SSSR count). The third-order valence-electron chi connectivity index (χ3n) is 3.65. The number of nitrogens with zero attached hydrogens (tertiary/aromatic N) is 2. The van der Waals surface area contributed by atoms with Crippen molar-refractivity contribution in [3.05, 3.63) is 0 Å². The molecule has 19 heavy (non-hydrogen) atoms. The second-order valence-corrected chi connectivity index (χ2v) is 5.06. The number of rotatable bonds is 4. The van der Waals surface area contributed by atoms with Gasteiger partial charge in [0, 0.05) is 59.3 Å². The number of halogens is 1. The molecule has 7 heteroatoms. The number of hydrogen-bond acceptors (Lipinski definition) is 4. The van der Waals surface area contributed by atoms with Gasteiger partial charge in [0.25, 0.3) is 0 Å². The first-order valence-corrected chi connectivity index (χ1v) is 6.61. The fraction of sp³-hybridized carbons (Fsp3) is 0.833. The summed E-state index contributed by atoms with van der Waals surface area (Å²) in [4.78, 5) is 27.2. The van der Waals surface area contributed by atoms with E-state index in [-0.39, 0.29) is 30.1 Å². The monoisotopic (exact) mass is 290 g/mol. The van der Waals surface area contributed by atoms with Gasteiger partial charge in [-0.3, -0.25) is 14.5 Å². The Labute approximate surface area is 120 Å². The van der Waals surface area contributed by atoms with E-state index in [1.165, 1.54) is 0 Å². The molecule has 2 fully saturated rings. The maximum atomic E-state index is 11.9. The molecule has 1 unspecified atom stereocenters. The van der Waals surface area contributed by atoms with Crippen LogP contribution in [0.4, 0.5) is 0 Å². The summed E-state index contributed by atoms with van der Waals surface area (Å²) in [6.45, 7) is 6.25. The van der Waals surface area contributed by atoms with Gasteiger partial charge in [-0.25, -0.2) is 0 Å². The van der Waals surface area contributed by atoms with Crippen LogP contribution in [0.1, 0.15) is 6.42 Å². The van der Waals surface area contributed by atoms with Crippen LogP contribution in [0.2, 0.25) is 0 Å². The zero-order chi connectivity index (χ0) is 13.0. The summed E-state index contributed by atoms with van der Waals surface area (Å²) >= 11 is 0. The Bertz CT molecular complexity index is 321. The van der Waals surface area contributed by atoms with Crippen LogP contribution in [-0.4, -0.2) is 74.5 Å². The number of carbonyl (C=O) groups excluding carboxylic acids is 2. The van der Waals surface area contributed by atoms with E-state index in [0.717, 1.165) is 32.7 Å². The fourth-order valence-corrected chi connectivity index (χ4v) is 2.46. The minimum atomic E-state index is -0.162. The molecule has 0 bridgehead atoms. The molecule has 2 aliphatic heterocycles. The Morgan fingerprint density at radius 2 is 2.11 bits per heavy atom. The van der Waals surface area contributed by atoms with Crippen molar-refractivity contribution >= 4 is 24.2 Å². The molecule has 0 spiro atoms. The van der Waals surface area contributed by atoms with Gasteiger partial charge < -0.3 is 15.5 Å². The summed E-state index contributed by atoms with van der Waals surface area (Å²) in [5.41, 5.74) is 0. The van der Waals surface area contributed by atoms with Crippen molar-refractivity contribution in [3.8, 4) is 0 Å². The highest BCUT2D eigenvalue weighted by molar-refractivity contribution is 5.89. The minimum Gasteiger partial charge on any atom is -0.355 e. The molecule has 1 atom stereocenters. The Hall–Kier alpha value is -0.850. The Kier molecular flexibility index (Phi) is 6.54. The van der Waals surface area contributed by atoms with E-state index in [9.17, 15) is 9.59 Å².